The van der Waals surface area contributed by atoms with Crippen molar-refractivity contribution in [2.24, 2.45) is 5.73 Å². The van der Waals surface area contributed by atoms with E-state index in [1.807, 2.05) is 25.1 Å². The van der Waals surface area contributed by atoms with Crippen LogP contribution >= 0.6 is 0 Å². The Morgan fingerprint density at radius 2 is 1.95 bits per heavy atom. The summed E-state index contributed by atoms with van der Waals surface area (Å²) < 4.78 is 10.5. The molecule has 21 heavy (non-hydrogen) atoms. The second kappa shape index (κ2) is 7.88. The second-order valence-corrected chi connectivity index (χ2v) is 5.36. The molecule has 0 aliphatic heterocycles. The monoisotopic (exact) mass is 294 g/mol. The Hall–Kier alpha value is -1.75. The summed E-state index contributed by atoms with van der Waals surface area (Å²) >= 11 is 0. The molecule has 0 bridgehead atoms. The highest BCUT2D eigenvalue weighted by molar-refractivity contribution is 5.85. The van der Waals surface area contributed by atoms with Gasteiger partial charge in [-0.15, -0.1) is 0 Å². The number of carbonyl (C=O) groups excluding carboxylic acids is 1. The maximum atomic E-state index is 12.0. The van der Waals surface area contributed by atoms with Gasteiger partial charge >= 0.3 is 0 Å². The first-order valence-electron chi connectivity index (χ1n) is 7.22. The first-order valence-corrected chi connectivity index (χ1v) is 7.22. The highest BCUT2D eigenvalue weighted by Crippen LogP contribution is 2.27. The lowest BCUT2D eigenvalue weighted by atomic mass is 9.96. The zero-order chi connectivity index (χ0) is 15.9. The number of rotatable bonds is 8. The van der Waals surface area contributed by atoms with Gasteiger partial charge in [-0.1, -0.05) is 19.4 Å². The van der Waals surface area contributed by atoms with Crippen LogP contribution in [0.5, 0.6) is 11.5 Å². The van der Waals surface area contributed by atoms with Crippen molar-refractivity contribution in [3.63, 3.8) is 0 Å². The molecule has 0 fully saturated rings. The van der Waals surface area contributed by atoms with Gasteiger partial charge in [0.05, 0.1) is 19.8 Å². The number of nitrogens with one attached hydrogen (secondary N) is 1. The Bertz CT molecular complexity index is 473. The molecule has 0 spiro atoms. The van der Waals surface area contributed by atoms with Crippen LogP contribution in [0.25, 0.3) is 0 Å². The van der Waals surface area contributed by atoms with Crippen LogP contribution in [0.15, 0.2) is 18.2 Å². The Balaban J connectivity index is 2.55. The third-order valence-electron chi connectivity index (χ3n) is 3.44. The van der Waals surface area contributed by atoms with E-state index in [0.717, 1.165) is 12.0 Å². The third kappa shape index (κ3) is 4.93. The molecule has 0 aromatic heterocycles. The van der Waals surface area contributed by atoms with Gasteiger partial charge in [0, 0.05) is 6.54 Å². The van der Waals surface area contributed by atoms with Crippen molar-refractivity contribution in [2.75, 3.05) is 20.8 Å². The zero-order valence-electron chi connectivity index (χ0n) is 13.4. The van der Waals surface area contributed by atoms with Crippen LogP contribution in [-0.4, -0.2) is 32.2 Å². The predicted octanol–water partition coefficient (Wildman–Crippen LogP) is 1.88. The van der Waals surface area contributed by atoms with Crippen LogP contribution in [0.1, 0.15) is 32.3 Å². The highest BCUT2D eigenvalue weighted by atomic mass is 16.5. The first-order chi connectivity index (χ1) is 9.94. The van der Waals surface area contributed by atoms with Gasteiger partial charge in [-0.3, -0.25) is 4.79 Å². The maximum Gasteiger partial charge on any atom is 0.239 e. The Kier molecular flexibility index (Phi) is 6.49. The van der Waals surface area contributed by atoms with Crippen LogP contribution in [0.3, 0.4) is 0 Å². The van der Waals surface area contributed by atoms with Crippen molar-refractivity contribution in [3.05, 3.63) is 23.8 Å². The molecular weight excluding hydrogens is 268 g/mol. The van der Waals surface area contributed by atoms with Crippen LogP contribution < -0.4 is 20.5 Å². The molecule has 0 aliphatic rings. The van der Waals surface area contributed by atoms with E-state index in [9.17, 15) is 4.79 Å². The summed E-state index contributed by atoms with van der Waals surface area (Å²) in [6.45, 7) is 4.33. The molecule has 1 aromatic rings. The summed E-state index contributed by atoms with van der Waals surface area (Å²) in [5.74, 6) is 1.28. The van der Waals surface area contributed by atoms with Crippen molar-refractivity contribution in [1.29, 1.82) is 0 Å². The summed E-state index contributed by atoms with van der Waals surface area (Å²) in [4.78, 5) is 12.0. The predicted molar refractivity (Wildman–Crippen MR) is 83.8 cm³/mol. The fourth-order valence-corrected chi connectivity index (χ4v) is 2.19. The number of carbonyl (C=O) groups is 1. The minimum atomic E-state index is -0.799. The number of hydrogen-bond acceptors (Lipinski definition) is 4. The summed E-state index contributed by atoms with van der Waals surface area (Å²) in [6.07, 6.45) is 2.28. The average molecular weight is 294 g/mol. The van der Waals surface area contributed by atoms with Gasteiger partial charge in [0.2, 0.25) is 5.91 Å². The maximum absolute atomic E-state index is 12.0. The molecule has 3 N–H and O–H groups in total. The van der Waals surface area contributed by atoms with Gasteiger partial charge in [0.1, 0.15) is 0 Å². The minimum Gasteiger partial charge on any atom is -0.493 e. The first kappa shape index (κ1) is 17.3. The molecular formula is C16H26N2O3. The van der Waals surface area contributed by atoms with E-state index in [4.69, 9.17) is 15.2 Å². The van der Waals surface area contributed by atoms with Crippen LogP contribution in [0.2, 0.25) is 0 Å². The summed E-state index contributed by atoms with van der Waals surface area (Å²) in [5, 5.41) is 2.89. The molecule has 5 heteroatoms. The largest absolute Gasteiger partial charge is 0.493 e. The second-order valence-electron chi connectivity index (χ2n) is 5.36. The van der Waals surface area contributed by atoms with Gasteiger partial charge in [-0.05, 0) is 37.5 Å². The van der Waals surface area contributed by atoms with E-state index >= 15 is 0 Å². The van der Waals surface area contributed by atoms with Crippen molar-refractivity contribution >= 4 is 5.91 Å². The molecule has 1 rings (SSSR count). The summed E-state index contributed by atoms with van der Waals surface area (Å²) in [5.41, 5.74) is 6.26. The van der Waals surface area contributed by atoms with Crippen molar-refractivity contribution in [3.8, 4) is 11.5 Å². The van der Waals surface area contributed by atoms with Gasteiger partial charge in [-0.25, -0.2) is 0 Å². The van der Waals surface area contributed by atoms with Crippen LogP contribution in [0.4, 0.5) is 0 Å². The Labute approximate surface area is 126 Å². The number of methoxy groups -OCH3 is 2. The topological polar surface area (TPSA) is 73.6 Å². The lowest BCUT2D eigenvalue weighted by Gasteiger charge is -2.22. The fourth-order valence-electron chi connectivity index (χ4n) is 2.19. The number of hydrogen-bond donors (Lipinski definition) is 2. The summed E-state index contributed by atoms with van der Waals surface area (Å²) in [7, 11) is 3.21. The van der Waals surface area contributed by atoms with Crippen molar-refractivity contribution in [2.45, 2.75) is 38.6 Å². The normalized spacial score (nSPS) is 13.4. The van der Waals surface area contributed by atoms with Crippen LogP contribution in [-0.2, 0) is 11.2 Å². The van der Waals surface area contributed by atoms with Gasteiger partial charge in [0.15, 0.2) is 11.5 Å². The fraction of sp³-hybridized carbons (Fsp3) is 0.562. The van der Waals surface area contributed by atoms with Crippen molar-refractivity contribution < 1.29 is 14.3 Å². The SMILES string of the molecule is CCCC(C)(N)C(=O)NCCc1ccc(OC)c(OC)c1. The molecule has 1 unspecified atom stereocenters. The lowest BCUT2D eigenvalue weighted by molar-refractivity contribution is -0.126. The summed E-state index contributed by atoms with van der Waals surface area (Å²) in [6, 6.07) is 5.74. The standard InChI is InChI=1S/C16H26N2O3/c1-5-9-16(2,17)15(19)18-10-8-12-6-7-13(20-3)14(11-12)21-4/h6-7,11H,5,8-10,17H2,1-4H3,(H,18,19). The molecule has 1 amide bonds. The number of ether oxygens (including phenoxy) is 2. The quantitative estimate of drug-likeness (QED) is 0.768. The molecule has 0 saturated heterocycles. The van der Waals surface area contributed by atoms with Crippen molar-refractivity contribution in [1.82, 2.24) is 5.32 Å². The zero-order valence-corrected chi connectivity index (χ0v) is 13.4. The van der Waals surface area contributed by atoms with Gasteiger partial charge in [-0.2, -0.15) is 0 Å². The molecule has 0 heterocycles. The number of nitrogens with two attached hydrogens (primary N) is 1. The molecule has 118 valence electrons. The van der Waals surface area contributed by atoms with Crippen LogP contribution in [0, 0.1) is 0 Å². The third-order valence-corrected chi connectivity index (χ3v) is 3.44. The molecule has 5 nitrogen and oxygen atoms in total. The average Bonchev–Trinajstić information content (AvgIpc) is 2.46. The van der Waals surface area contributed by atoms with Gasteiger partial charge < -0.3 is 20.5 Å². The van der Waals surface area contributed by atoms with E-state index in [-0.39, 0.29) is 5.91 Å². The molecule has 0 saturated carbocycles. The molecule has 0 aliphatic carbocycles. The number of amides is 1. The highest BCUT2D eigenvalue weighted by Gasteiger charge is 2.26. The van der Waals surface area contributed by atoms with E-state index in [2.05, 4.69) is 5.32 Å². The molecule has 1 aromatic carbocycles. The minimum absolute atomic E-state index is 0.107. The van der Waals surface area contributed by atoms with E-state index in [1.165, 1.54) is 0 Å². The molecule has 1 atom stereocenters. The Morgan fingerprint density at radius 3 is 2.52 bits per heavy atom. The van der Waals surface area contributed by atoms with E-state index in [1.54, 1.807) is 21.1 Å². The van der Waals surface area contributed by atoms with E-state index < -0.39 is 5.54 Å². The Morgan fingerprint density at radius 1 is 1.29 bits per heavy atom. The van der Waals surface area contributed by atoms with Gasteiger partial charge in [0.25, 0.3) is 0 Å². The lowest BCUT2D eigenvalue weighted by Crippen LogP contribution is -2.51. The smallest absolute Gasteiger partial charge is 0.239 e. The number of benzene rings is 1. The van der Waals surface area contributed by atoms with E-state index in [0.29, 0.717) is 30.9 Å². The molecule has 0 radical (unpaired) electrons.